The van der Waals surface area contributed by atoms with Crippen LogP contribution in [-0.4, -0.2) is 30.3 Å². The summed E-state index contributed by atoms with van der Waals surface area (Å²) in [5.74, 6) is -1.37. The lowest BCUT2D eigenvalue weighted by Crippen LogP contribution is -2.34. The Labute approximate surface area is 150 Å². The molecule has 2 rings (SSSR count). The Morgan fingerprint density at radius 1 is 1.31 bits per heavy atom. The molecule has 1 heterocycles. The smallest absolute Gasteiger partial charge is 0.408 e. The van der Waals surface area contributed by atoms with E-state index < -0.39 is 44.4 Å². The van der Waals surface area contributed by atoms with Crippen molar-refractivity contribution in [3.63, 3.8) is 0 Å². The predicted molar refractivity (Wildman–Crippen MR) is 89.4 cm³/mol. The Bertz CT molecular complexity index is 889. The van der Waals surface area contributed by atoms with Crippen LogP contribution >= 0.6 is 0 Å². The summed E-state index contributed by atoms with van der Waals surface area (Å²) in [6.45, 7) is 6.65. The van der Waals surface area contributed by atoms with Gasteiger partial charge in [-0.25, -0.2) is 17.6 Å². The second kappa shape index (κ2) is 7.40. The molecule has 0 unspecified atom stereocenters. The van der Waals surface area contributed by atoms with Crippen LogP contribution in [0.3, 0.4) is 0 Å². The van der Waals surface area contributed by atoms with Crippen molar-refractivity contribution in [1.29, 1.82) is 0 Å². The molecule has 1 N–H and O–H groups in total. The number of alkyl carbamates (subject to hydrolysis) is 1. The van der Waals surface area contributed by atoms with Gasteiger partial charge in [0.25, 0.3) is 0 Å². The quantitative estimate of drug-likeness (QED) is 0.842. The first-order chi connectivity index (χ1) is 12.0. The van der Waals surface area contributed by atoms with Gasteiger partial charge in [-0.2, -0.15) is 0 Å². The molecule has 0 bridgehead atoms. The van der Waals surface area contributed by atoms with E-state index in [1.165, 1.54) is 25.1 Å². The van der Waals surface area contributed by atoms with Gasteiger partial charge >= 0.3 is 11.3 Å². The van der Waals surface area contributed by atoms with Crippen molar-refractivity contribution in [2.75, 3.05) is 0 Å². The van der Waals surface area contributed by atoms with Crippen molar-refractivity contribution in [3.8, 4) is 0 Å². The average Bonchev–Trinajstić information content (AvgIpc) is 2.98. The molecule has 0 saturated carbocycles. The molecule has 0 saturated heterocycles. The number of aromatic nitrogens is 2. The molecular formula is C16H20FN3O5S. The van der Waals surface area contributed by atoms with Crippen LogP contribution in [0, 0.1) is 5.82 Å². The van der Waals surface area contributed by atoms with E-state index in [0.717, 1.165) is 6.07 Å². The summed E-state index contributed by atoms with van der Waals surface area (Å²) in [5, 5.41) is 8.95. The van der Waals surface area contributed by atoms with Crippen LogP contribution in [-0.2, 0) is 20.3 Å². The van der Waals surface area contributed by atoms with Gasteiger partial charge in [0.15, 0.2) is 0 Å². The summed E-state index contributed by atoms with van der Waals surface area (Å²) in [6, 6.07) is 4.74. The van der Waals surface area contributed by atoms with Gasteiger partial charge in [-0.15, -0.1) is 5.10 Å². The first kappa shape index (κ1) is 19.8. The highest BCUT2D eigenvalue weighted by atomic mass is 32.2. The number of ether oxygens (including phenoxy) is 1. The zero-order valence-corrected chi connectivity index (χ0v) is 15.6. The standard InChI is InChI=1S/C16H20FN3O5S/c1-10(18-14(21)25-16(2,3)4)13-19-20-15(24-13)26(22,23)9-11-7-5-6-8-12(11)17/h5-8,10H,9H2,1-4H3,(H,18,21)/t10-/m1/s1. The first-order valence-corrected chi connectivity index (χ1v) is 9.42. The van der Waals surface area contributed by atoms with E-state index in [9.17, 15) is 17.6 Å². The fraction of sp³-hybridized carbons (Fsp3) is 0.438. The minimum absolute atomic E-state index is 0.00724. The lowest BCUT2D eigenvalue weighted by Gasteiger charge is -2.20. The van der Waals surface area contributed by atoms with Crippen molar-refractivity contribution < 1.29 is 26.8 Å². The third-order valence-corrected chi connectivity index (χ3v) is 4.48. The van der Waals surface area contributed by atoms with Gasteiger partial charge in [0.1, 0.15) is 17.5 Å². The lowest BCUT2D eigenvalue weighted by atomic mass is 10.2. The Balaban J connectivity index is 2.10. The van der Waals surface area contributed by atoms with Crippen LogP contribution in [0.1, 0.15) is 45.2 Å². The topological polar surface area (TPSA) is 111 Å². The zero-order chi connectivity index (χ0) is 19.5. The molecular weight excluding hydrogens is 365 g/mol. The predicted octanol–water partition coefficient (Wildman–Crippen LogP) is 2.77. The van der Waals surface area contributed by atoms with E-state index in [1.54, 1.807) is 20.8 Å². The highest BCUT2D eigenvalue weighted by Gasteiger charge is 2.27. The van der Waals surface area contributed by atoms with Crippen LogP contribution in [0.5, 0.6) is 0 Å². The molecule has 0 aliphatic carbocycles. The van der Waals surface area contributed by atoms with Crippen LogP contribution < -0.4 is 5.32 Å². The molecule has 0 fully saturated rings. The second-order valence-electron chi connectivity index (χ2n) is 6.62. The molecule has 1 amide bonds. The number of hydrogen-bond donors (Lipinski definition) is 1. The van der Waals surface area contributed by atoms with Crippen LogP contribution in [0.4, 0.5) is 9.18 Å². The first-order valence-electron chi connectivity index (χ1n) is 7.77. The number of rotatable bonds is 5. The Hall–Kier alpha value is -2.49. The van der Waals surface area contributed by atoms with Gasteiger partial charge < -0.3 is 14.5 Å². The number of nitrogens with zero attached hydrogens (tertiary/aromatic N) is 2. The number of benzene rings is 1. The minimum Gasteiger partial charge on any atom is -0.444 e. The lowest BCUT2D eigenvalue weighted by molar-refractivity contribution is 0.0500. The highest BCUT2D eigenvalue weighted by Crippen LogP contribution is 2.20. The third-order valence-electron chi connectivity index (χ3n) is 3.10. The number of nitrogens with one attached hydrogen (secondary N) is 1. The highest BCUT2D eigenvalue weighted by molar-refractivity contribution is 7.90. The van der Waals surface area contributed by atoms with Crippen LogP contribution in [0.2, 0.25) is 0 Å². The van der Waals surface area contributed by atoms with E-state index in [2.05, 4.69) is 15.5 Å². The van der Waals surface area contributed by atoms with Gasteiger partial charge in [-0.3, -0.25) is 0 Å². The van der Waals surface area contributed by atoms with Gasteiger partial charge in [0.2, 0.25) is 15.7 Å². The number of carbonyl (C=O) groups is 1. The van der Waals surface area contributed by atoms with Crippen molar-refractivity contribution in [2.24, 2.45) is 0 Å². The Morgan fingerprint density at radius 2 is 1.96 bits per heavy atom. The van der Waals surface area contributed by atoms with E-state index in [-0.39, 0.29) is 11.5 Å². The maximum Gasteiger partial charge on any atom is 0.408 e. The summed E-state index contributed by atoms with van der Waals surface area (Å²) in [4.78, 5) is 11.7. The molecule has 0 aliphatic heterocycles. The minimum atomic E-state index is -4.03. The van der Waals surface area contributed by atoms with Gasteiger partial charge in [0, 0.05) is 5.56 Å². The Morgan fingerprint density at radius 3 is 2.58 bits per heavy atom. The third kappa shape index (κ3) is 5.25. The monoisotopic (exact) mass is 385 g/mol. The fourth-order valence-corrected chi connectivity index (χ4v) is 3.09. The molecule has 10 heteroatoms. The number of amides is 1. The van der Waals surface area contributed by atoms with Crippen molar-refractivity contribution in [2.45, 2.75) is 50.3 Å². The normalized spacial score (nSPS) is 13.3. The maximum atomic E-state index is 13.7. The SMILES string of the molecule is C[C@@H](NC(=O)OC(C)(C)C)c1nnc(S(=O)(=O)Cc2ccccc2F)o1. The Kier molecular flexibility index (Phi) is 5.65. The van der Waals surface area contributed by atoms with E-state index in [1.807, 2.05) is 0 Å². The molecule has 8 nitrogen and oxygen atoms in total. The summed E-state index contributed by atoms with van der Waals surface area (Å²) in [7, 11) is -4.03. The molecule has 1 aromatic carbocycles. The van der Waals surface area contributed by atoms with Gasteiger partial charge in [-0.1, -0.05) is 23.3 Å². The number of carbonyl (C=O) groups excluding carboxylic acids is 1. The molecule has 0 spiro atoms. The van der Waals surface area contributed by atoms with Crippen LogP contribution in [0.25, 0.3) is 0 Å². The summed E-state index contributed by atoms with van der Waals surface area (Å²) in [5.41, 5.74) is -0.695. The maximum absolute atomic E-state index is 13.7. The molecule has 0 aliphatic rings. The molecule has 0 radical (unpaired) electrons. The molecule has 1 aromatic heterocycles. The van der Waals surface area contributed by atoms with Gasteiger partial charge in [-0.05, 0) is 33.8 Å². The molecule has 2 aromatic rings. The van der Waals surface area contributed by atoms with Crippen molar-refractivity contribution in [1.82, 2.24) is 15.5 Å². The van der Waals surface area contributed by atoms with E-state index in [4.69, 9.17) is 9.15 Å². The largest absolute Gasteiger partial charge is 0.444 e. The molecule has 142 valence electrons. The zero-order valence-electron chi connectivity index (χ0n) is 14.8. The van der Waals surface area contributed by atoms with Crippen molar-refractivity contribution in [3.05, 3.63) is 41.5 Å². The van der Waals surface area contributed by atoms with Crippen molar-refractivity contribution >= 4 is 15.9 Å². The van der Waals surface area contributed by atoms with Crippen LogP contribution in [0.15, 0.2) is 33.9 Å². The van der Waals surface area contributed by atoms with E-state index >= 15 is 0 Å². The molecule has 1 atom stereocenters. The van der Waals surface area contributed by atoms with Gasteiger partial charge in [0.05, 0.1) is 5.75 Å². The number of halogens is 1. The average molecular weight is 385 g/mol. The molecule has 26 heavy (non-hydrogen) atoms. The summed E-state index contributed by atoms with van der Waals surface area (Å²) < 4.78 is 48.6. The second-order valence-corrected chi connectivity index (χ2v) is 8.49. The number of sulfone groups is 1. The summed E-state index contributed by atoms with van der Waals surface area (Å²) >= 11 is 0. The summed E-state index contributed by atoms with van der Waals surface area (Å²) in [6.07, 6.45) is -0.709. The van der Waals surface area contributed by atoms with E-state index in [0.29, 0.717) is 0 Å². The fourth-order valence-electron chi connectivity index (χ4n) is 1.95. The number of hydrogen-bond acceptors (Lipinski definition) is 7.